The van der Waals surface area contributed by atoms with Crippen LogP contribution in [0.2, 0.25) is 10.0 Å². The zero-order valence-electron chi connectivity index (χ0n) is 48.5. The lowest BCUT2D eigenvalue weighted by Gasteiger charge is -2.28. The number of benzene rings is 6. The second-order valence-corrected chi connectivity index (χ2v) is 26.7. The second kappa shape index (κ2) is 34.5. The third-order valence-electron chi connectivity index (χ3n) is 17.4. The van der Waals surface area contributed by atoms with Crippen molar-refractivity contribution in [3.8, 4) is 22.3 Å². The summed E-state index contributed by atoms with van der Waals surface area (Å²) in [5.41, 5.74) is 16.3. The molecule has 0 saturated heterocycles. The van der Waals surface area contributed by atoms with Gasteiger partial charge in [-0.25, -0.2) is 0 Å². The molecular formula is C74H94Br2Cl2O2. The molecule has 2 unspecified atom stereocenters. The zero-order valence-corrected chi connectivity index (χ0v) is 53.2. The molecule has 430 valence electrons. The first kappa shape index (κ1) is 62.8. The minimum atomic E-state index is -0.346. The van der Waals surface area contributed by atoms with E-state index >= 15 is 0 Å². The number of hydrogen-bond donors (Lipinski definition) is 0. The summed E-state index contributed by atoms with van der Waals surface area (Å²) in [5, 5.41) is 1.55. The Morgan fingerprint density at radius 1 is 0.275 bits per heavy atom. The molecule has 6 aromatic carbocycles. The highest BCUT2D eigenvalue weighted by atomic mass is 79.9. The maximum absolute atomic E-state index is 6.32. The molecule has 0 N–H and O–H groups in total. The van der Waals surface area contributed by atoms with E-state index in [9.17, 15) is 0 Å². The van der Waals surface area contributed by atoms with E-state index in [1.54, 1.807) is 0 Å². The first-order valence-corrected chi connectivity index (χ1v) is 34.2. The third-order valence-corrected chi connectivity index (χ3v) is 20.5. The molecule has 6 aromatic rings. The molecule has 0 aromatic heterocycles. The van der Waals surface area contributed by atoms with Gasteiger partial charge in [-0.2, -0.15) is 0 Å². The van der Waals surface area contributed by atoms with Gasteiger partial charge in [0.2, 0.25) is 0 Å². The molecule has 80 heavy (non-hydrogen) atoms. The number of alkyl halides is 2. The maximum atomic E-state index is 6.32. The predicted octanol–water partition coefficient (Wildman–Crippen LogP) is 23.8. The van der Waals surface area contributed by atoms with Crippen LogP contribution in [0, 0.1) is 0 Å². The Balaban J connectivity index is 0.522. The van der Waals surface area contributed by atoms with Gasteiger partial charge in [0, 0.05) is 36.5 Å². The molecule has 0 spiro atoms. The summed E-state index contributed by atoms with van der Waals surface area (Å²) in [4.78, 5) is 0. The number of aryl methyl sites for hydroxylation is 2. The molecule has 0 bridgehead atoms. The monoisotopic (exact) mass is 1240 g/mol. The number of rotatable bonds is 41. The molecule has 2 nitrogen and oxygen atoms in total. The number of unbranched alkanes of at least 4 members (excludes halogenated alkanes) is 27. The first-order valence-electron chi connectivity index (χ1n) is 31.9. The number of fused-ring (bicyclic) bond motifs is 6. The molecule has 0 radical (unpaired) electrons. The predicted molar refractivity (Wildman–Crippen MR) is 352 cm³/mol. The van der Waals surface area contributed by atoms with Crippen molar-refractivity contribution in [3.63, 3.8) is 0 Å². The highest BCUT2D eigenvalue weighted by Crippen LogP contribution is 2.59. The highest BCUT2D eigenvalue weighted by molar-refractivity contribution is 9.10. The van der Waals surface area contributed by atoms with Crippen molar-refractivity contribution in [1.29, 1.82) is 0 Å². The smallest absolute Gasteiger partial charge is 0.102 e. The molecule has 2 aliphatic carbocycles. The van der Waals surface area contributed by atoms with Gasteiger partial charge in [0.25, 0.3) is 0 Å². The number of hydrogen-bond acceptors (Lipinski definition) is 2. The van der Waals surface area contributed by atoms with Crippen LogP contribution in [0.15, 0.2) is 133 Å². The average Bonchev–Trinajstić information content (AvgIpc) is 3.99. The summed E-state index contributed by atoms with van der Waals surface area (Å²) in [6.45, 7) is 3.79. The summed E-state index contributed by atoms with van der Waals surface area (Å²) < 4.78 is 11.3. The number of ether oxygens (including phenoxy) is 2. The van der Waals surface area contributed by atoms with Gasteiger partial charge in [-0.1, -0.05) is 318 Å². The van der Waals surface area contributed by atoms with Crippen LogP contribution in [0.4, 0.5) is 0 Å². The Bertz CT molecular complexity index is 2530. The van der Waals surface area contributed by atoms with Crippen molar-refractivity contribution in [1.82, 2.24) is 0 Å². The largest absolute Gasteiger partial charge is 0.381 e. The highest BCUT2D eigenvalue weighted by Gasteiger charge is 2.45. The fraction of sp³-hybridized carbons (Fsp3) is 0.514. The van der Waals surface area contributed by atoms with E-state index in [0.29, 0.717) is 0 Å². The van der Waals surface area contributed by atoms with E-state index in [2.05, 4.69) is 141 Å². The molecule has 0 heterocycles. The standard InChI is InChI=1S/C74H94Br2Cl2O2/c75-73(61-47-51-63(77)52-48-61)69-45-29-27-41-65(69)67-43-35-39-59(71(67)73)37-25-19-13-7-1-3-9-15-21-31-55-79-57-33-23-17-11-5-6-12-18-24-34-58-80-56-32-22-16-10-4-2-8-14-20-26-38-60-40-36-44-68-66-42-28-30-46-70(66)74(76,72(60)68)62-49-53-64(78)54-50-62/h27-30,35-36,39-54H,1-26,31-34,37-38,55-58H2. The molecule has 0 amide bonds. The molecule has 8 rings (SSSR count). The lowest BCUT2D eigenvalue weighted by molar-refractivity contribution is 0.125. The fourth-order valence-corrected chi connectivity index (χ4v) is 15.4. The van der Waals surface area contributed by atoms with Crippen molar-refractivity contribution in [2.24, 2.45) is 0 Å². The topological polar surface area (TPSA) is 18.5 Å². The third kappa shape index (κ3) is 17.7. The van der Waals surface area contributed by atoms with Gasteiger partial charge >= 0.3 is 0 Å². The van der Waals surface area contributed by atoms with E-state index in [1.165, 1.54) is 259 Å². The lowest BCUT2D eigenvalue weighted by atomic mass is 9.85. The minimum absolute atomic E-state index is 0.346. The Labute approximate surface area is 511 Å². The Hall–Kier alpha value is -3.22. The summed E-state index contributed by atoms with van der Waals surface area (Å²) in [6.07, 6.45) is 42.1. The van der Waals surface area contributed by atoms with Gasteiger partial charge < -0.3 is 9.47 Å². The lowest BCUT2D eigenvalue weighted by Crippen LogP contribution is -2.20. The van der Waals surface area contributed by atoms with E-state index in [4.69, 9.17) is 32.7 Å². The summed E-state index contributed by atoms with van der Waals surface area (Å²) >= 11 is 21.2. The van der Waals surface area contributed by atoms with E-state index in [0.717, 1.165) is 49.3 Å². The summed E-state index contributed by atoms with van der Waals surface area (Å²) in [7, 11) is 0. The van der Waals surface area contributed by atoms with Gasteiger partial charge in [-0.15, -0.1) is 0 Å². The van der Waals surface area contributed by atoms with Crippen molar-refractivity contribution in [2.75, 3.05) is 26.4 Å². The quantitative estimate of drug-likeness (QED) is 0.0281. The summed E-state index contributed by atoms with van der Waals surface area (Å²) in [6, 6.07) is 48.3. The van der Waals surface area contributed by atoms with Crippen LogP contribution in [0.5, 0.6) is 0 Å². The van der Waals surface area contributed by atoms with Crippen molar-refractivity contribution >= 4 is 55.1 Å². The normalized spacial score (nSPS) is 16.0. The van der Waals surface area contributed by atoms with Crippen molar-refractivity contribution in [3.05, 3.63) is 188 Å². The Morgan fingerprint density at radius 3 is 0.850 bits per heavy atom. The molecule has 2 aliphatic rings. The van der Waals surface area contributed by atoms with Gasteiger partial charge in [0.05, 0.1) is 0 Å². The molecule has 0 saturated carbocycles. The van der Waals surface area contributed by atoms with Gasteiger partial charge in [-0.05, 0) is 142 Å². The molecule has 2 atom stereocenters. The van der Waals surface area contributed by atoms with E-state index in [-0.39, 0.29) is 8.65 Å². The van der Waals surface area contributed by atoms with Crippen LogP contribution in [-0.4, -0.2) is 26.4 Å². The summed E-state index contributed by atoms with van der Waals surface area (Å²) in [5.74, 6) is 0. The van der Waals surface area contributed by atoms with Crippen LogP contribution < -0.4 is 0 Å². The van der Waals surface area contributed by atoms with Crippen LogP contribution in [-0.2, 0) is 31.0 Å². The zero-order chi connectivity index (χ0) is 55.5. The van der Waals surface area contributed by atoms with E-state index < -0.39 is 0 Å². The Morgan fingerprint density at radius 2 is 0.537 bits per heavy atom. The SMILES string of the molecule is Clc1ccc(C2(Br)c3ccccc3-c3cccc(CCCCCCCCCCCCOCCCCCCCCCCCCOCCCCCCCCCCCCc4cccc5c4C(Br)(c4ccc(Cl)cc4)c4ccccc4-5)c32)cc1. The molecule has 0 aliphatic heterocycles. The first-order chi connectivity index (χ1) is 39.4. The minimum Gasteiger partial charge on any atom is -0.381 e. The molecule has 0 fully saturated rings. The van der Waals surface area contributed by atoms with Crippen molar-refractivity contribution in [2.45, 2.75) is 214 Å². The van der Waals surface area contributed by atoms with Crippen molar-refractivity contribution < 1.29 is 9.47 Å². The average molecular weight is 1250 g/mol. The molecule has 6 heteroatoms. The Kier molecular flexibility index (Phi) is 27.1. The molecular weight excluding hydrogens is 1150 g/mol. The second-order valence-electron chi connectivity index (χ2n) is 23.4. The van der Waals surface area contributed by atoms with Gasteiger partial charge in [0.15, 0.2) is 0 Å². The maximum Gasteiger partial charge on any atom is 0.102 e. The van der Waals surface area contributed by atoms with Gasteiger partial charge in [-0.3, -0.25) is 0 Å². The van der Waals surface area contributed by atoms with Gasteiger partial charge in [0.1, 0.15) is 8.65 Å². The van der Waals surface area contributed by atoms with Crippen LogP contribution in [0.3, 0.4) is 0 Å². The van der Waals surface area contributed by atoms with E-state index in [1.807, 2.05) is 24.3 Å². The van der Waals surface area contributed by atoms with Crippen LogP contribution >= 0.6 is 55.1 Å². The fourth-order valence-electron chi connectivity index (χ4n) is 13.0. The number of halogens is 4. The van der Waals surface area contributed by atoms with Crippen LogP contribution in [0.1, 0.15) is 237 Å². The van der Waals surface area contributed by atoms with Crippen LogP contribution in [0.25, 0.3) is 22.3 Å².